The highest BCUT2D eigenvalue weighted by Gasteiger charge is 2.18. The maximum atomic E-state index is 5.82. The number of nitrogen functional groups attached to an aromatic ring is 1. The monoisotopic (exact) mass is 266 g/mol. The van der Waals surface area contributed by atoms with Crippen molar-refractivity contribution < 1.29 is 9.47 Å². The number of aryl methyl sites for hydroxylation is 1. The number of hydrogen-bond acceptors (Lipinski definition) is 6. The molecule has 1 aliphatic rings. The van der Waals surface area contributed by atoms with Crippen LogP contribution in [0.3, 0.4) is 0 Å². The topological polar surface area (TPSA) is 82.3 Å². The lowest BCUT2D eigenvalue weighted by molar-refractivity contribution is 0.165. The molecular formula is C13H22N4O2. The van der Waals surface area contributed by atoms with Crippen LogP contribution in [0.25, 0.3) is 0 Å². The number of nitrogens with zero attached hydrogens (tertiary/aromatic N) is 2. The molecule has 6 heteroatoms. The second-order valence-electron chi connectivity index (χ2n) is 4.85. The fourth-order valence-electron chi connectivity index (χ4n) is 2.07. The number of ether oxygens (including phenoxy) is 2. The van der Waals surface area contributed by atoms with Crippen molar-refractivity contribution in [2.75, 3.05) is 25.2 Å². The maximum Gasteiger partial charge on any atom is 0.221 e. The van der Waals surface area contributed by atoms with Gasteiger partial charge in [0.2, 0.25) is 5.88 Å². The highest BCUT2D eigenvalue weighted by molar-refractivity contribution is 5.47. The number of anilines is 1. The van der Waals surface area contributed by atoms with E-state index in [0.29, 0.717) is 24.2 Å². The zero-order valence-electron chi connectivity index (χ0n) is 11.6. The molecule has 1 aromatic rings. The summed E-state index contributed by atoms with van der Waals surface area (Å²) in [4.78, 5) is 8.83. The zero-order valence-corrected chi connectivity index (χ0v) is 11.6. The molecule has 19 heavy (non-hydrogen) atoms. The van der Waals surface area contributed by atoms with E-state index in [4.69, 9.17) is 15.3 Å². The summed E-state index contributed by atoms with van der Waals surface area (Å²) in [5, 5.41) is 0. The van der Waals surface area contributed by atoms with E-state index in [2.05, 4.69) is 22.3 Å². The van der Waals surface area contributed by atoms with Gasteiger partial charge in [0.25, 0.3) is 0 Å². The van der Waals surface area contributed by atoms with Crippen LogP contribution in [-0.2, 0) is 11.2 Å². The van der Waals surface area contributed by atoms with E-state index in [1.54, 1.807) is 0 Å². The minimum atomic E-state index is 0.457. The minimum Gasteiger partial charge on any atom is -0.477 e. The van der Waals surface area contributed by atoms with Crippen LogP contribution in [0, 0.1) is 12.8 Å². The second kappa shape index (κ2) is 6.68. The normalized spacial score (nSPS) is 18.6. The van der Waals surface area contributed by atoms with Gasteiger partial charge in [-0.05, 0) is 19.8 Å². The van der Waals surface area contributed by atoms with E-state index in [9.17, 15) is 0 Å². The summed E-state index contributed by atoms with van der Waals surface area (Å²) in [5.74, 6) is 7.97. The predicted molar refractivity (Wildman–Crippen MR) is 73.0 cm³/mol. The summed E-state index contributed by atoms with van der Waals surface area (Å²) in [6, 6.07) is 0. The first kappa shape index (κ1) is 14.0. The van der Waals surface area contributed by atoms with Crippen LogP contribution in [0.4, 0.5) is 5.82 Å². The predicted octanol–water partition coefficient (Wildman–Crippen LogP) is 1.44. The van der Waals surface area contributed by atoms with Gasteiger partial charge in [-0.1, -0.05) is 6.92 Å². The van der Waals surface area contributed by atoms with E-state index < -0.39 is 0 Å². The van der Waals surface area contributed by atoms with Crippen LogP contribution in [0.5, 0.6) is 5.88 Å². The number of rotatable bonds is 6. The van der Waals surface area contributed by atoms with Gasteiger partial charge in [-0.25, -0.2) is 10.8 Å². The lowest BCUT2D eigenvalue weighted by Gasteiger charge is -2.14. The smallest absolute Gasteiger partial charge is 0.221 e. The first-order chi connectivity index (χ1) is 9.24. The minimum absolute atomic E-state index is 0.457. The Hall–Kier alpha value is -1.40. The van der Waals surface area contributed by atoms with Crippen LogP contribution in [0.2, 0.25) is 0 Å². The molecule has 3 N–H and O–H groups in total. The molecular weight excluding hydrogens is 244 g/mol. The Morgan fingerprint density at radius 1 is 1.47 bits per heavy atom. The second-order valence-corrected chi connectivity index (χ2v) is 4.85. The first-order valence-electron chi connectivity index (χ1n) is 6.79. The largest absolute Gasteiger partial charge is 0.477 e. The molecule has 1 unspecified atom stereocenters. The SMILES string of the molecule is CCCc1nc(NN)c(C)c(OCC2CCOC2)n1. The Kier molecular flexibility index (Phi) is 4.93. The van der Waals surface area contributed by atoms with Gasteiger partial charge < -0.3 is 14.9 Å². The first-order valence-corrected chi connectivity index (χ1v) is 6.79. The van der Waals surface area contributed by atoms with Crippen LogP contribution in [0.15, 0.2) is 0 Å². The summed E-state index contributed by atoms with van der Waals surface area (Å²) < 4.78 is 11.2. The van der Waals surface area contributed by atoms with Gasteiger partial charge >= 0.3 is 0 Å². The number of hydrazine groups is 1. The molecule has 0 radical (unpaired) electrons. The summed E-state index contributed by atoms with van der Waals surface area (Å²) >= 11 is 0. The van der Waals surface area contributed by atoms with E-state index in [-0.39, 0.29) is 0 Å². The number of nitrogens with one attached hydrogen (secondary N) is 1. The Balaban J connectivity index is 2.09. The van der Waals surface area contributed by atoms with E-state index >= 15 is 0 Å². The third kappa shape index (κ3) is 3.54. The van der Waals surface area contributed by atoms with Crippen molar-refractivity contribution in [1.29, 1.82) is 0 Å². The molecule has 0 aromatic carbocycles. The molecule has 2 heterocycles. The van der Waals surface area contributed by atoms with Crippen LogP contribution < -0.4 is 16.0 Å². The standard InChI is InChI=1S/C13H22N4O2/c1-3-4-11-15-12(17-14)9(2)13(16-11)19-8-10-5-6-18-7-10/h10H,3-8,14H2,1-2H3,(H,15,16,17). The molecule has 0 amide bonds. The lowest BCUT2D eigenvalue weighted by atomic mass is 10.1. The lowest BCUT2D eigenvalue weighted by Crippen LogP contribution is -2.16. The van der Waals surface area contributed by atoms with Gasteiger partial charge in [0, 0.05) is 18.9 Å². The Bertz CT molecular complexity index is 419. The molecule has 0 bridgehead atoms. The quantitative estimate of drug-likeness (QED) is 0.599. The van der Waals surface area contributed by atoms with Gasteiger partial charge in [0.15, 0.2) is 0 Å². The molecule has 6 nitrogen and oxygen atoms in total. The van der Waals surface area contributed by atoms with Crippen molar-refractivity contribution >= 4 is 5.82 Å². The maximum absolute atomic E-state index is 5.82. The van der Waals surface area contributed by atoms with Gasteiger partial charge in [0.05, 0.1) is 18.8 Å². The molecule has 1 fully saturated rings. The molecule has 106 valence electrons. The van der Waals surface area contributed by atoms with Crippen molar-refractivity contribution in [1.82, 2.24) is 9.97 Å². The van der Waals surface area contributed by atoms with Gasteiger partial charge in [-0.15, -0.1) is 0 Å². The number of hydrogen-bond donors (Lipinski definition) is 2. The fourth-order valence-corrected chi connectivity index (χ4v) is 2.07. The fraction of sp³-hybridized carbons (Fsp3) is 0.692. The summed E-state index contributed by atoms with van der Waals surface area (Å²) in [5.41, 5.74) is 3.46. The van der Waals surface area contributed by atoms with Gasteiger partial charge in [-0.2, -0.15) is 4.98 Å². The molecule has 2 rings (SSSR count). The van der Waals surface area contributed by atoms with Gasteiger partial charge in [-0.3, -0.25) is 0 Å². The number of aromatic nitrogens is 2. The van der Waals surface area contributed by atoms with Crippen molar-refractivity contribution in [3.05, 3.63) is 11.4 Å². The molecule has 1 saturated heterocycles. The highest BCUT2D eigenvalue weighted by Crippen LogP contribution is 2.23. The average molecular weight is 266 g/mol. The summed E-state index contributed by atoms with van der Waals surface area (Å²) in [6.07, 6.45) is 2.86. The van der Waals surface area contributed by atoms with E-state index in [1.807, 2.05) is 6.92 Å². The third-order valence-electron chi connectivity index (χ3n) is 3.24. The zero-order chi connectivity index (χ0) is 13.7. The molecule has 0 aliphatic carbocycles. The summed E-state index contributed by atoms with van der Waals surface area (Å²) in [6.45, 7) is 6.23. The summed E-state index contributed by atoms with van der Waals surface area (Å²) in [7, 11) is 0. The van der Waals surface area contributed by atoms with Crippen molar-refractivity contribution in [3.63, 3.8) is 0 Å². The molecule has 1 aliphatic heterocycles. The average Bonchev–Trinajstić information content (AvgIpc) is 2.92. The Morgan fingerprint density at radius 2 is 2.32 bits per heavy atom. The van der Waals surface area contributed by atoms with E-state index in [1.165, 1.54) is 0 Å². The molecule has 1 atom stereocenters. The van der Waals surface area contributed by atoms with Crippen molar-refractivity contribution in [3.8, 4) is 5.88 Å². The Morgan fingerprint density at radius 3 is 2.95 bits per heavy atom. The van der Waals surface area contributed by atoms with Crippen LogP contribution in [0.1, 0.15) is 31.2 Å². The Labute approximate surface area is 113 Å². The van der Waals surface area contributed by atoms with Crippen LogP contribution >= 0.6 is 0 Å². The van der Waals surface area contributed by atoms with E-state index in [0.717, 1.165) is 43.9 Å². The number of nitrogens with two attached hydrogens (primary N) is 1. The molecule has 1 aromatic heterocycles. The molecule has 0 spiro atoms. The third-order valence-corrected chi connectivity index (χ3v) is 3.24. The highest BCUT2D eigenvalue weighted by atomic mass is 16.5. The molecule has 0 saturated carbocycles. The van der Waals surface area contributed by atoms with Gasteiger partial charge in [0.1, 0.15) is 11.6 Å². The van der Waals surface area contributed by atoms with Crippen LogP contribution in [-0.4, -0.2) is 29.8 Å². The van der Waals surface area contributed by atoms with Crippen molar-refractivity contribution in [2.45, 2.75) is 33.1 Å². The van der Waals surface area contributed by atoms with Crippen molar-refractivity contribution in [2.24, 2.45) is 11.8 Å².